The highest BCUT2D eigenvalue weighted by Crippen LogP contribution is 2.33. The van der Waals surface area contributed by atoms with E-state index in [4.69, 9.17) is 18.9 Å². The molecule has 101 heavy (non-hydrogen) atoms. The Bertz CT molecular complexity index is 3620. The maximum atomic E-state index is 14.1. The zero-order valence-corrected chi connectivity index (χ0v) is 60.3. The number of hydrogen-bond donors (Lipinski definition) is 3. The third-order valence-corrected chi connectivity index (χ3v) is 15.9. The van der Waals surface area contributed by atoms with Crippen molar-refractivity contribution in [3.05, 3.63) is 144 Å². The van der Waals surface area contributed by atoms with E-state index < -0.39 is 71.6 Å². The van der Waals surface area contributed by atoms with E-state index in [1.165, 1.54) is 11.8 Å². The van der Waals surface area contributed by atoms with Crippen molar-refractivity contribution in [1.82, 2.24) is 29.7 Å². The summed E-state index contributed by atoms with van der Waals surface area (Å²) in [6.45, 7) is 21.9. The summed E-state index contributed by atoms with van der Waals surface area (Å²) >= 11 is 3.39. The number of rotatable bonds is 25. The molecule has 8 rings (SSSR count). The number of esters is 2. The van der Waals surface area contributed by atoms with Gasteiger partial charge in [0.2, 0.25) is 11.9 Å². The van der Waals surface area contributed by atoms with Crippen LogP contribution in [0.15, 0.2) is 122 Å². The molecular formula is C72H91BrF6N12O10. The number of halogens is 7. The van der Waals surface area contributed by atoms with Gasteiger partial charge in [0, 0.05) is 77.1 Å². The molecule has 0 saturated carbocycles. The van der Waals surface area contributed by atoms with Crippen molar-refractivity contribution in [2.45, 2.75) is 156 Å². The van der Waals surface area contributed by atoms with E-state index in [0.29, 0.717) is 79.9 Å². The summed E-state index contributed by atoms with van der Waals surface area (Å²) in [5.41, 5.74) is 1.05. The number of amides is 4. The number of nitrogens with zero attached hydrogens (tertiary/aromatic N) is 9. The summed E-state index contributed by atoms with van der Waals surface area (Å²) in [4.78, 5) is 101. The molecule has 2 aromatic heterocycles. The molecular weight excluding hydrogens is 1390 g/mol. The number of aryl methyl sites for hydroxylation is 1. The van der Waals surface area contributed by atoms with Gasteiger partial charge in [-0.3, -0.25) is 14.5 Å². The van der Waals surface area contributed by atoms with Gasteiger partial charge in [0.25, 0.3) is 0 Å². The molecule has 3 N–H and O–H groups in total. The second-order valence-electron chi connectivity index (χ2n) is 25.5. The maximum Gasteiger partial charge on any atom is 0.471 e. The number of aromatic nitrogens is 4. The van der Waals surface area contributed by atoms with Crippen LogP contribution in [0, 0.1) is 0 Å². The molecule has 2 aliphatic heterocycles. The summed E-state index contributed by atoms with van der Waals surface area (Å²) in [6, 6.07) is 30.1. The Morgan fingerprint density at radius 3 is 1.31 bits per heavy atom. The standard InChI is InChI=1S/C36H45F3N6O5.C28H37F3N6O5.C8H9Br/c1-6-43(7-2)33-40-24-29(45(32(47)36(37,38)39)22-19-25-13-9-8-10-14-25)30(42-33)41-28(31(46)50-35(3,4)5)23-26-15-17-27(18-16-26)49-34(48)44-20-11-12-21-44;1-6-36(7-2)25-32-17-21(34-24(39)28(29,30)31)22(35-25)33-20(23(38)42-27(3,4)5)16-18-10-12-19(13-11-18)41-26(40)37-14-8-9-15-37;9-7-6-8-4-2-1-3-5-8/h8-10,13-18,24,28H,6-7,11-12,19-23H2,1-5H3,(H,40,41,42);10-13,17,20H,6-9,14-16H2,1-5H3,(H,34,39)(H,32,33,35);1-5H,6-7H2/t28-;20-;/m00./s1. The summed E-state index contributed by atoms with van der Waals surface area (Å²) < 4.78 is 104. The molecule has 2 saturated heterocycles. The Hall–Kier alpha value is -9.28. The summed E-state index contributed by atoms with van der Waals surface area (Å²) in [6.07, 6.45) is -3.99. The number of alkyl halides is 7. The normalized spacial score (nSPS) is 13.6. The number of hydrogen-bond acceptors (Lipinski definition) is 18. The molecule has 0 unspecified atom stereocenters. The van der Waals surface area contributed by atoms with Crippen LogP contribution in [-0.4, -0.2) is 166 Å². The first kappa shape index (κ1) is 80.7. The highest BCUT2D eigenvalue weighted by atomic mass is 79.9. The lowest BCUT2D eigenvalue weighted by molar-refractivity contribution is -0.170. The zero-order valence-electron chi connectivity index (χ0n) is 58.7. The lowest BCUT2D eigenvalue weighted by Gasteiger charge is -2.29. The lowest BCUT2D eigenvalue weighted by Crippen LogP contribution is -2.44. The van der Waals surface area contributed by atoms with Crippen LogP contribution in [0.2, 0.25) is 0 Å². The van der Waals surface area contributed by atoms with Crippen LogP contribution in [0.25, 0.3) is 0 Å². The highest BCUT2D eigenvalue weighted by molar-refractivity contribution is 9.09. The fourth-order valence-corrected chi connectivity index (χ4v) is 10.8. The SMILES string of the molecule is BrCCc1ccccc1.CCN(CC)c1ncc(N(CCc2ccccc2)C(=O)C(F)(F)F)c(N[C@@H](Cc2ccc(OC(=O)N3CCCC3)cc2)C(=O)OC(C)(C)C)n1.CCN(CC)c1ncc(NC(=O)C(F)(F)F)c(N[C@@H](Cc2ccc(OC(=O)N3CCCC3)cc2)C(=O)OC(C)(C)C)n1. The van der Waals surface area contributed by atoms with Crippen LogP contribution in [0.4, 0.5) is 70.8 Å². The maximum absolute atomic E-state index is 14.1. The number of anilines is 6. The molecule has 22 nitrogen and oxygen atoms in total. The summed E-state index contributed by atoms with van der Waals surface area (Å²) in [5.74, 6) is -4.95. The van der Waals surface area contributed by atoms with Crippen LogP contribution < -0.4 is 40.1 Å². The molecule has 2 aliphatic rings. The van der Waals surface area contributed by atoms with Crippen molar-refractivity contribution < 1.29 is 74.1 Å². The lowest BCUT2D eigenvalue weighted by atomic mass is 10.0. The molecule has 548 valence electrons. The number of nitrogens with one attached hydrogen (secondary N) is 3. The second kappa shape index (κ2) is 37.9. The average molecular weight is 1480 g/mol. The molecule has 2 fully saturated rings. The first-order valence-electron chi connectivity index (χ1n) is 33.6. The first-order chi connectivity index (χ1) is 47.8. The van der Waals surface area contributed by atoms with Crippen LogP contribution in [0.5, 0.6) is 11.5 Å². The molecule has 0 aliphatic carbocycles. The van der Waals surface area contributed by atoms with E-state index in [1.807, 2.05) is 33.8 Å². The molecule has 6 aromatic rings. The number of benzene rings is 4. The Balaban J connectivity index is 0.000000285. The molecule has 0 radical (unpaired) electrons. The quantitative estimate of drug-likeness (QED) is 0.0274. The zero-order chi connectivity index (χ0) is 74.1. The predicted octanol–water partition coefficient (Wildman–Crippen LogP) is 13.8. The predicted molar refractivity (Wildman–Crippen MR) is 379 cm³/mol. The van der Waals surface area contributed by atoms with Crippen molar-refractivity contribution in [3.8, 4) is 11.5 Å². The van der Waals surface area contributed by atoms with Gasteiger partial charge in [-0.15, -0.1) is 0 Å². The largest absolute Gasteiger partial charge is 0.471 e. The Labute approximate surface area is 594 Å². The van der Waals surface area contributed by atoms with Crippen LogP contribution in [-0.2, 0) is 54.3 Å². The highest BCUT2D eigenvalue weighted by Gasteiger charge is 2.45. The van der Waals surface area contributed by atoms with E-state index in [2.05, 4.69) is 70.8 Å². The molecule has 0 bridgehead atoms. The first-order valence-corrected chi connectivity index (χ1v) is 34.7. The molecule has 4 heterocycles. The van der Waals surface area contributed by atoms with Gasteiger partial charge in [0.15, 0.2) is 11.6 Å². The number of carbonyl (C=O) groups excluding carboxylic acids is 6. The molecule has 4 amide bonds. The van der Waals surface area contributed by atoms with Crippen molar-refractivity contribution in [3.63, 3.8) is 0 Å². The van der Waals surface area contributed by atoms with E-state index in [1.54, 1.807) is 145 Å². The van der Waals surface area contributed by atoms with E-state index in [0.717, 1.165) is 49.2 Å². The van der Waals surface area contributed by atoms with Crippen LogP contribution >= 0.6 is 15.9 Å². The van der Waals surface area contributed by atoms with Crippen molar-refractivity contribution in [2.75, 3.05) is 94.9 Å². The number of carbonyl (C=O) groups is 6. The Kier molecular flexibility index (Phi) is 30.3. The van der Waals surface area contributed by atoms with Gasteiger partial charge in [0.05, 0.1) is 12.4 Å². The minimum atomic E-state index is -5.20. The average Bonchev–Trinajstić information content (AvgIpc) is 1.16. The van der Waals surface area contributed by atoms with E-state index in [-0.39, 0.29) is 60.7 Å². The van der Waals surface area contributed by atoms with Gasteiger partial charge < -0.3 is 54.5 Å². The molecule has 0 spiro atoms. The number of ether oxygens (including phenoxy) is 4. The second-order valence-corrected chi connectivity index (χ2v) is 26.3. The fourth-order valence-electron chi connectivity index (χ4n) is 10.3. The Morgan fingerprint density at radius 2 is 0.921 bits per heavy atom. The minimum Gasteiger partial charge on any atom is -0.458 e. The van der Waals surface area contributed by atoms with Gasteiger partial charge in [-0.2, -0.15) is 36.3 Å². The minimum absolute atomic E-state index is 0.0243. The van der Waals surface area contributed by atoms with Crippen molar-refractivity contribution >= 4 is 86.8 Å². The van der Waals surface area contributed by atoms with Crippen LogP contribution in [0.3, 0.4) is 0 Å². The molecule has 4 aromatic carbocycles. The van der Waals surface area contributed by atoms with Gasteiger partial charge in [-0.1, -0.05) is 101 Å². The monoisotopic (exact) mass is 1480 g/mol. The number of likely N-dealkylation sites (tertiary alicyclic amines) is 2. The molecule has 29 heteroatoms. The van der Waals surface area contributed by atoms with Gasteiger partial charge in [-0.05, 0) is 154 Å². The topological polar surface area (TPSA) is 243 Å². The third kappa shape index (κ3) is 26.3. The van der Waals surface area contributed by atoms with Gasteiger partial charge in [0.1, 0.15) is 46.2 Å². The Morgan fingerprint density at radius 1 is 0.525 bits per heavy atom. The van der Waals surface area contributed by atoms with Gasteiger partial charge in [-0.25, -0.2) is 29.1 Å². The van der Waals surface area contributed by atoms with E-state index in [9.17, 15) is 55.1 Å². The fraction of sp³-hybridized carbons (Fsp3) is 0.472. The van der Waals surface area contributed by atoms with Gasteiger partial charge >= 0.3 is 48.3 Å². The van der Waals surface area contributed by atoms with E-state index >= 15 is 0 Å². The van der Waals surface area contributed by atoms with Crippen molar-refractivity contribution in [2.24, 2.45) is 0 Å². The smallest absolute Gasteiger partial charge is 0.458 e. The molecule has 2 atom stereocenters. The van der Waals surface area contributed by atoms with Crippen molar-refractivity contribution in [1.29, 1.82) is 0 Å². The van der Waals surface area contributed by atoms with Crippen LogP contribution in [0.1, 0.15) is 117 Å². The summed E-state index contributed by atoms with van der Waals surface area (Å²) in [7, 11) is 0. The summed E-state index contributed by atoms with van der Waals surface area (Å²) in [5, 5.41) is 8.74. The third-order valence-electron chi connectivity index (χ3n) is 15.5.